The fraction of sp³-hybridized carbons (Fsp3) is 0.100. The zero-order valence-corrected chi connectivity index (χ0v) is 16.1. The van der Waals surface area contributed by atoms with E-state index in [2.05, 4.69) is 55.4 Å². The number of halogens is 1. The van der Waals surface area contributed by atoms with Gasteiger partial charge < -0.3 is 10.2 Å². The van der Waals surface area contributed by atoms with Crippen molar-refractivity contribution in [2.75, 3.05) is 24.3 Å². The van der Waals surface area contributed by atoms with Gasteiger partial charge in [-0.25, -0.2) is 9.97 Å². The van der Waals surface area contributed by atoms with Crippen molar-refractivity contribution in [1.82, 2.24) is 14.4 Å². The molecule has 0 saturated heterocycles. The third-order valence-corrected chi connectivity index (χ3v) is 4.70. The second kappa shape index (κ2) is 6.80. The molecule has 0 amide bonds. The number of rotatable bonds is 4. The Morgan fingerprint density at radius 3 is 2.42 bits per heavy atom. The van der Waals surface area contributed by atoms with Crippen molar-refractivity contribution < 1.29 is 0 Å². The van der Waals surface area contributed by atoms with Gasteiger partial charge in [-0.15, -0.1) is 0 Å². The lowest BCUT2D eigenvalue weighted by Crippen LogP contribution is -2.07. The second-order valence-electron chi connectivity index (χ2n) is 6.17. The van der Waals surface area contributed by atoms with Gasteiger partial charge in [0.25, 0.3) is 0 Å². The average Bonchev–Trinajstić information content (AvgIpc) is 3.02. The summed E-state index contributed by atoms with van der Waals surface area (Å²) >= 11 is 3.47. The van der Waals surface area contributed by atoms with Crippen LogP contribution in [-0.4, -0.2) is 28.5 Å². The zero-order valence-electron chi connectivity index (χ0n) is 14.5. The van der Waals surface area contributed by atoms with Crippen LogP contribution in [0.15, 0.2) is 71.5 Å². The molecule has 2 aromatic heterocycles. The number of benzene rings is 2. The van der Waals surface area contributed by atoms with E-state index in [1.165, 1.54) is 0 Å². The molecule has 0 aliphatic heterocycles. The number of nitrogens with zero attached hydrogens (tertiary/aromatic N) is 4. The van der Waals surface area contributed by atoms with Crippen LogP contribution in [-0.2, 0) is 0 Å². The Balaban J connectivity index is 1.82. The van der Waals surface area contributed by atoms with Crippen molar-refractivity contribution >= 4 is 38.9 Å². The standard InChI is InChI=1S/C20H18BrN5/c1-25(2)17-10-4-14(5-11-17)18-19(23-16-8-6-15(21)7-9-16)26-13-3-12-22-20(26)24-18/h3-13,23H,1-2H3. The molecule has 0 unspecified atom stereocenters. The van der Waals surface area contributed by atoms with E-state index in [4.69, 9.17) is 4.98 Å². The molecular formula is C20H18BrN5. The Kier molecular flexibility index (Phi) is 4.34. The van der Waals surface area contributed by atoms with Crippen LogP contribution in [0, 0.1) is 0 Å². The van der Waals surface area contributed by atoms with Crippen molar-refractivity contribution in [2.24, 2.45) is 0 Å². The highest BCUT2D eigenvalue weighted by molar-refractivity contribution is 9.10. The van der Waals surface area contributed by atoms with Crippen LogP contribution in [0.2, 0.25) is 0 Å². The van der Waals surface area contributed by atoms with Gasteiger partial charge in [0.05, 0.1) is 0 Å². The molecule has 26 heavy (non-hydrogen) atoms. The number of nitrogens with one attached hydrogen (secondary N) is 1. The highest BCUT2D eigenvalue weighted by atomic mass is 79.9. The summed E-state index contributed by atoms with van der Waals surface area (Å²) in [5.74, 6) is 1.56. The van der Waals surface area contributed by atoms with Crippen LogP contribution in [0.5, 0.6) is 0 Å². The monoisotopic (exact) mass is 407 g/mol. The first-order chi connectivity index (χ1) is 12.6. The van der Waals surface area contributed by atoms with Crippen LogP contribution >= 0.6 is 15.9 Å². The molecule has 0 aliphatic carbocycles. The molecule has 6 heteroatoms. The first-order valence-electron chi connectivity index (χ1n) is 8.25. The number of aromatic nitrogens is 3. The predicted octanol–water partition coefficient (Wildman–Crippen LogP) is 4.97. The minimum atomic E-state index is 0.666. The average molecular weight is 408 g/mol. The molecular weight excluding hydrogens is 390 g/mol. The van der Waals surface area contributed by atoms with Gasteiger partial charge >= 0.3 is 0 Å². The molecule has 1 N–H and O–H groups in total. The summed E-state index contributed by atoms with van der Waals surface area (Å²) in [5, 5.41) is 3.49. The maximum atomic E-state index is 4.74. The molecule has 4 rings (SSSR count). The molecule has 4 aromatic rings. The van der Waals surface area contributed by atoms with Gasteiger partial charge in [-0.1, -0.05) is 28.1 Å². The van der Waals surface area contributed by atoms with E-state index >= 15 is 0 Å². The number of imidazole rings is 1. The smallest absolute Gasteiger partial charge is 0.235 e. The number of hydrogen-bond acceptors (Lipinski definition) is 4. The second-order valence-corrected chi connectivity index (χ2v) is 7.09. The normalized spacial score (nSPS) is 10.9. The molecule has 5 nitrogen and oxygen atoms in total. The summed E-state index contributed by atoms with van der Waals surface area (Å²) in [6.45, 7) is 0. The Morgan fingerprint density at radius 2 is 1.73 bits per heavy atom. The Hall–Kier alpha value is -2.86. The van der Waals surface area contributed by atoms with Crippen molar-refractivity contribution in [2.45, 2.75) is 0 Å². The summed E-state index contributed by atoms with van der Waals surface area (Å²) < 4.78 is 3.01. The summed E-state index contributed by atoms with van der Waals surface area (Å²) in [6, 6.07) is 18.3. The van der Waals surface area contributed by atoms with E-state index in [-0.39, 0.29) is 0 Å². The van der Waals surface area contributed by atoms with Gasteiger partial charge in [0.2, 0.25) is 5.78 Å². The van der Waals surface area contributed by atoms with Crippen LogP contribution in [0.25, 0.3) is 17.0 Å². The first kappa shape index (κ1) is 16.6. The predicted molar refractivity (Wildman–Crippen MR) is 110 cm³/mol. The Labute approximate surface area is 160 Å². The highest BCUT2D eigenvalue weighted by Crippen LogP contribution is 2.31. The van der Waals surface area contributed by atoms with E-state index < -0.39 is 0 Å². The molecule has 130 valence electrons. The van der Waals surface area contributed by atoms with Gasteiger partial charge in [0.1, 0.15) is 11.5 Å². The van der Waals surface area contributed by atoms with E-state index in [9.17, 15) is 0 Å². The van der Waals surface area contributed by atoms with Gasteiger partial charge in [0, 0.05) is 47.9 Å². The van der Waals surface area contributed by atoms with Crippen LogP contribution in [0.4, 0.5) is 17.2 Å². The Bertz CT molecular complexity index is 1040. The maximum Gasteiger partial charge on any atom is 0.235 e. The summed E-state index contributed by atoms with van der Waals surface area (Å²) in [7, 11) is 4.06. The molecule has 2 aromatic carbocycles. The molecule has 0 spiro atoms. The zero-order chi connectivity index (χ0) is 18.1. The van der Waals surface area contributed by atoms with E-state index in [0.29, 0.717) is 5.78 Å². The molecule has 0 radical (unpaired) electrons. The van der Waals surface area contributed by atoms with Gasteiger partial charge in [-0.05, 0) is 42.5 Å². The van der Waals surface area contributed by atoms with Crippen LogP contribution < -0.4 is 10.2 Å². The third kappa shape index (κ3) is 3.15. The molecule has 2 heterocycles. The number of fused-ring (bicyclic) bond motifs is 1. The molecule has 0 bridgehead atoms. The minimum Gasteiger partial charge on any atom is -0.378 e. The van der Waals surface area contributed by atoms with Gasteiger partial charge in [-0.3, -0.25) is 4.40 Å². The third-order valence-electron chi connectivity index (χ3n) is 4.17. The van der Waals surface area contributed by atoms with E-state index in [1.54, 1.807) is 6.20 Å². The molecule has 0 saturated carbocycles. The lowest BCUT2D eigenvalue weighted by atomic mass is 10.1. The first-order valence-corrected chi connectivity index (χ1v) is 9.04. The summed E-state index contributed by atoms with van der Waals surface area (Å²) in [6.07, 6.45) is 3.72. The quantitative estimate of drug-likeness (QED) is 0.518. The van der Waals surface area contributed by atoms with Crippen molar-refractivity contribution in [3.05, 3.63) is 71.5 Å². The lowest BCUT2D eigenvalue weighted by molar-refractivity contribution is 1.11. The molecule has 0 aliphatic rings. The summed E-state index contributed by atoms with van der Waals surface area (Å²) in [5.41, 5.74) is 4.06. The largest absolute Gasteiger partial charge is 0.378 e. The fourth-order valence-electron chi connectivity index (χ4n) is 2.80. The van der Waals surface area contributed by atoms with Crippen LogP contribution in [0.1, 0.15) is 0 Å². The van der Waals surface area contributed by atoms with E-state index in [0.717, 1.165) is 32.9 Å². The number of anilines is 3. The van der Waals surface area contributed by atoms with E-state index in [1.807, 2.05) is 55.0 Å². The SMILES string of the molecule is CN(C)c1ccc(-c2nc3ncccn3c2Nc2ccc(Br)cc2)cc1. The number of hydrogen-bond donors (Lipinski definition) is 1. The van der Waals surface area contributed by atoms with Gasteiger partial charge in [0.15, 0.2) is 0 Å². The molecule has 0 atom stereocenters. The van der Waals surface area contributed by atoms with Crippen LogP contribution in [0.3, 0.4) is 0 Å². The summed E-state index contributed by atoms with van der Waals surface area (Å²) in [4.78, 5) is 11.2. The van der Waals surface area contributed by atoms with Crippen molar-refractivity contribution in [1.29, 1.82) is 0 Å². The van der Waals surface area contributed by atoms with Crippen molar-refractivity contribution in [3.8, 4) is 11.3 Å². The lowest BCUT2D eigenvalue weighted by Gasteiger charge is -2.13. The minimum absolute atomic E-state index is 0.666. The fourth-order valence-corrected chi connectivity index (χ4v) is 3.06. The maximum absolute atomic E-state index is 4.74. The van der Waals surface area contributed by atoms with Crippen molar-refractivity contribution in [3.63, 3.8) is 0 Å². The molecule has 0 fully saturated rings. The van der Waals surface area contributed by atoms with Gasteiger partial charge in [-0.2, -0.15) is 0 Å². The topological polar surface area (TPSA) is 45.5 Å². The highest BCUT2D eigenvalue weighted by Gasteiger charge is 2.15. The Morgan fingerprint density at radius 1 is 1.00 bits per heavy atom.